The lowest BCUT2D eigenvalue weighted by Crippen LogP contribution is -2.36. The van der Waals surface area contributed by atoms with Crippen molar-refractivity contribution in [2.24, 2.45) is 5.92 Å². The summed E-state index contributed by atoms with van der Waals surface area (Å²) in [6.07, 6.45) is 3.24. The summed E-state index contributed by atoms with van der Waals surface area (Å²) in [5.74, 6) is 1.22. The molecule has 6 nitrogen and oxygen atoms in total. The highest BCUT2D eigenvalue weighted by atomic mass is 16.6. The number of carbonyl (C=O) groups excluding carboxylic acids is 1. The van der Waals surface area contributed by atoms with Crippen LogP contribution in [0.3, 0.4) is 0 Å². The number of aliphatic hydroxyl groups is 1. The van der Waals surface area contributed by atoms with Crippen LogP contribution in [-0.2, 0) is 22.6 Å². The molecule has 3 rings (SSSR count). The van der Waals surface area contributed by atoms with Gasteiger partial charge in [-0.1, -0.05) is 18.6 Å². The Balaban J connectivity index is 2.00. The molecule has 1 saturated carbocycles. The Labute approximate surface area is 191 Å². The second-order valence-electron chi connectivity index (χ2n) is 10.8. The molecule has 0 aliphatic heterocycles. The van der Waals surface area contributed by atoms with Gasteiger partial charge in [0.25, 0.3) is 0 Å². The third kappa shape index (κ3) is 6.06. The van der Waals surface area contributed by atoms with Gasteiger partial charge in [-0.3, -0.25) is 0 Å². The number of benzene rings is 1. The Bertz CT molecular complexity index is 974. The van der Waals surface area contributed by atoms with Gasteiger partial charge in [-0.2, -0.15) is 0 Å². The van der Waals surface area contributed by atoms with Gasteiger partial charge in [0.2, 0.25) is 0 Å². The fraction of sp³-hybridized carbons (Fsp3) is 0.577. The summed E-state index contributed by atoms with van der Waals surface area (Å²) in [6.45, 7) is 17.0. The number of carbonyl (C=O) groups is 1. The van der Waals surface area contributed by atoms with Crippen molar-refractivity contribution in [3.05, 3.63) is 48.0 Å². The molecular weight excluding hydrogens is 404 g/mol. The van der Waals surface area contributed by atoms with Gasteiger partial charge in [-0.15, -0.1) is 0 Å². The number of hydrogen-bond acceptors (Lipinski definition) is 5. The van der Waals surface area contributed by atoms with Gasteiger partial charge in [0.05, 0.1) is 18.7 Å². The van der Waals surface area contributed by atoms with Crippen LogP contribution in [0.15, 0.2) is 36.7 Å². The van der Waals surface area contributed by atoms with E-state index in [9.17, 15) is 9.90 Å². The quantitative estimate of drug-likeness (QED) is 0.549. The smallest absolute Gasteiger partial charge is 0.419 e. The van der Waals surface area contributed by atoms with Crippen LogP contribution in [0.5, 0.6) is 0 Å². The lowest BCUT2D eigenvalue weighted by atomic mass is 9.85. The molecule has 6 heteroatoms. The third-order valence-electron chi connectivity index (χ3n) is 5.54. The van der Waals surface area contributed by atoms with E-state index in [4.69, 9.17) is 9.47 Å². The number of fused-ring (bicyclic) bond motifs is 1. The predicted octanol–water partition coefficient (Wildman–Crippen LogP) is 5.81. The molecule has 0 unspecified atom stereocenters. The molecule has 2 aromatic rings. The SMILES string of the molecule is C=C(OC(C)(C)C)N(Cc1cc2ccc(CO)cc2n1C(=O)OC(C)(C)C)CC1CCC1. The number of aromatic nitrogens is 1. The van der Waals surface area contributed by atoms with E-state index >= 15 is 0 Å². The van der Waals surface area contributed by atoms with E-state index < -0.39 is 11.7 Å². The van der Waals surface area contributed by atoms with Crippen LogP contribution in [0, 0.1) is 5.92 Å². The summed E-state index contributed by atoms with van der Waals surface area (Å²) in [5, 5.41) is 10.5. The number of hydrogen-bond donors (Lipinski definition) is 1. The Morgan fingerprint density at radius 1 is 1.12 bits per heavy atom. The molecule has 0 spiro atoms. The van der Waals surface area contributed by atoms with Crippen LogP contribution < -0.4 is 0 Å². The molecule has 0 saturated heterocycles. The zero-order valence-electron chi connectivity index (χ0n) is 20.4. The van der Waals surface area contributed by atoms with E-state index in [2.05, 4.69) is 11.5 Å². The van der Waals surface area contributed by atoms with Crippen LogP contribution >= 0.6 is 0 Å². The average molecular weight is 443 g/mol. The average Bonchev–Trinajstić information content (AvgIpc) is 2.97. The van der Waals surface area contributed by atoms with Gasteiger partial charge >= 0.3 is 6.09 Å². The maximum Gasteiger partial charge on any atom is 0.419 e. The maximum absolute atomic E-state index is 13.2. The number of nitrogens with zero attached hydrogens (tertiary/aromatic N) is 2. The largest absolute Gasteiger partial charge is 0.474 e. The Kier molecular flexibility index (Phi) is 6.94. The first-order chi connectivity index (χ1) is 14.9. The van der Waals surface area contributed by atoms with Gasteiger partial charge in [-0.25, -0.2) is 9.36 Å². The Morgan fingerprint density at radius 3 is 2.31 bits per heavy atom. The van der Waals surface area contributed by atoms with Crippen molar-refractivity contribution in [3.63, 3.8) is 0 Å². The summed E-state index contributed by atoms with van der Waals surface area (Å²) >= 11 is 0. The summed E-state index contributed by atoms with van der Waals surface area (Å²) in [4.78, 5) is 15.4. The van der Waals surface area contributed by atoms with Crippen LogP contribution in [0.4, 0.5) is 4.79 Å². The predicted molar refractivity (Wildman–Crippen MR) is 127 cm³/mol. The molecule has 1 N–H and O–H groups in total. The van der Waals surface area contributed by atoms with E-state index in [1.807, 2.05) is 65.8 Å². The molecule has 0 amide bonds. The van der Waals surface area contributed by atoms with Crippen molar-refractivity contribution < 1.29 is 19.4 Å². The molecule has 1 heterocycles. The summed E-state index contributed by atoms with van der Waals surface area (Å²) in [7, 11) is 0. The van der Waals surface area contributed by atoms with Crippen molar-refractivity contribution in [1.29, 1.82) is 0 Å². The first-order valence-corrected chi connectivity index (χ1v) is 11.5. The molecule has 0 radical (unpaired) electrons. The molecule has 1 fully saturated rings. The monoisotopic (exact) mass is 442 g/mol. The van der Waals surface area contributed by atoms with Crippen molar-refractivity contribution in [1.82, 2.24) is 9.47 Å². The van der Waals surface area contributed by atoms with E-state index in [-0.39, 0.29) is 12.2 Å². The topological polar surface area (TPSA) is 63.9 Å². The minimum absolute atomic E-state index is 0.0885. The van der Waals surface area contributed by atoms with Crippen LogP contribution in [0.1, 0.15) is 72.1 Å². The highest BCUT2D eigenvalue weighted by Crippen LogP contribution is 2.31. The van der Waals surface area contributed by atoms with Gasteiger partial charge in [0.15, 0.2) is 5.88 Å². The zero-order chi connectivity index (χ0) is 23.7. The van der Waals surface area contributed by atoms with Gasteiger partial charge in [-0.05, 0) is 84.6 Å². The lowest BCUT2D eigenvalue weighted by Gasteiger charge is -2.36. The molecule has 0 atom stereocenters. The number of aliphatic hydroxyl groups excluding tert-OH is 1. The van der Waals surface area contributed by atoms with Crippen LogP contribution in [0.25, 0.3) is 10.9 Å². The van der Waals surface area contributed by atoms with E-state index in [1.54, 1.807) is 4.57 Å². The minimum Gasteiger partial charge on any atom is -0.474 e. The maximum atomic E-state index is 13.2. The van der Waals surface area contributed by atoms with Crippen LogP contribution in [0.2, 0.25) is 0 Å². The van der Waals surface area contributed by atoms with E-state index in [0.29, 0.717) is 18.3 Å². The summed E-state index contributed by atoms with van der Waals surface area (Å²) in [6, 6.07) is 7.67. The second-order valence-corrected chi connectivity index (χ2v) is 10.8. The second kappa shape index (κ2) is 9.18. The highest BCUT2D eigenvalue weighted by molar-refractivity contribution is 5.91. The fourth-order valence-electron chi connectivity index (χ4n) is 3.90. The van der Waals surface area contributed by atoms with Gasteiger partial charge in [0.1, 0.15) is 11.2 Å². The molecule has 1 aromatic heterocycles. The standard InChI is InChI=1S/C26H38N2O4/c1-18(31-25(2,3)4)27(15-19-9-8-10-19)16-22-14-21-12-11-20(17-29)13-23(21)28(22)24(30)32-26(5,6)7/h11-14,19,29H,1,8-10,15-17H2,2-7H3. The number of rotatable bonds is 7. The number of ether oxygens (including phenoxy) is 2. The van der Waals surface area contributed by atoms with Crippen molar-refractivity contribution in [3.8, 4) is 0 Å². The molecule has 32 heavy (non-hydrogen) atoms. The molecule has 176 valence electrons. The Hall–Kier alpha value is -2.47. The van der Waals surface area contributed by atoms with E-state index in [1.165, 1.54) is 19.3 Å². The van der Waals surface area contributed by atoms with Crippen molar-refractivity contribution >= 4 is 17.0 Å². The molecule has 1 aliphatic carbocycles. The molecule has 1 aromatic carbocycles. The van der Waals surface area contributed by atoms with Gasteiger partial charge < -0.3 is 19.5 Å². The van der Waals surface area contributed by atoms with Gasteiger partial charge in [0, 0.05) is 17.6 Å². The van der Waals surface area contributed by atoms with Crippen molar-refractivity contribution in [2.45, 2.75) is 85.2 Å². The molecular formula is C26H38N2O4. The fourth-order valence-corrected chi connectivity index (χ4v) is 3.90. The minimum atomic E-state index is -0.621. The molecule has 1 aliphatic rings. The molecule has 0 bridgehead atoms. The van der Waals surface area contributed by atoms with E-state index in [0.717, 1.165) is 28.7 Å². The first kappa shape index (κ1) is 24.2. The summed E-state index contributed by atoms with van der Waals surface area (Å²) < 4.78 is 13.5. The summed E-state index contributed by atoms with van der Waals surface area (Å²) in [5.41, 5.74) is 1.31. The zero-order valence-corrected chi connectivity index (χ0v) is 20.4. The van der Waals surface area contributed by atoms with Crippen LogP contribution in [-0.4, -0.2) is 38.4 Å². The normalized spacial score (nSPS) is 14.8. The lowest BCUT2D eigenvalue weighted by molar-refractivity contribution is -0.00761. The van der Waals surface area contributed by atoms with Crippen molar-refractivity contribution in [2.75, 3.05) is 6.54 Å². The Morgan fingerprint density at radius 2 is 1.78 bits per heavy atom. The highest BCUT2D eigenvalue weighted by Gasteiger charge is 2.27. The third-order valence-corrected chi connectivity index (χ3v) is 5.54. The first-order valence-electron chi connectivity index (χ1n) is 11.5.